The number of likely N-dealkylation sites (tertiary alicyclic amines) is 1. The Hall–Kier alpha value is -1.23. The van der Waals surface area contributed by atoms with Crippen LogP contribution in [-0.4, -0.2) is 48.4 Å². The van der Waals surface area contributed by atoms with E-state index in [-0.39, 0.29) is 22.9 Å². The molecule has 4 saturated carbocycles. The van der Waals surface area contributed by atoms with Gasteiger partial charge in [-0.05, 0) is 68.7 Å². The SMILES string of the molecule is CN1CC[C@H](O/N=C2\CC[C@@]3(C)[C@H](C2)C(=O)C[C@@H]2[C@@H]3CC[C@]3(C)C(=O)CC[C@@H]23)C1. The minimum absolute atomic E-state index is 0.0690. The van der Waals surface area contributed by atoms with Crippen molar-refractivity contribution < 1.29 is 14.4 Å². The molecule has 1 aliphatic heterocycles. The molecule has 4 aliphatic carbocycles. The molecule has 5 rings (SSSR count). The number of oxime groups is 1. The van der Waals surface area contributed by atoms with E-state index in [1.807, 2.05) is 0 Å². The molecule has 5 fully saturated rings. The second-order valence-corrected chi connectivity index (χ2v) is 11.2. The number of carbonyl (C=O) groups excluding carboxylic acids is 2. The van der Waals surface area contributed by atoms with Gasteiger partial charge in [0.05, 0.1) is 5.71 Å². The summed E-state index contributed by atoms with van der Waals surface area (Å²) in [7, 11) is 2.12. The molecule has 0 bridgehead atoms. The summed E-state index contributed by atoms with van der Waals surface area (Å²) in [5.41, 5.74) is 0.999. The fourth-order valence-corrected chi connectivity index (χ4v) is 7.83. The first kappa shape index (κ1) is 19.7. The first-order chi connectivity index (χ1) is 13.8. The van der Waals surface area contributed by atoms with E-state index in [9.17, 15) is 9.59 Å². The van der Waals surface area contributed by atoms with Crippen LogP contribution in [0.3, 0.4) is 0 Å². The summed E-state index contributed by atoms with van der Waals surface area (Å²) in [6.45, 7) is 6.57. The fraction of sp³-hybridized carbons (Fsp3) is 0.875. The number of nitrogens with zero attached hydrogens (tertiary/aromatic N) is 2. The molecule has 0 aromatic carbocycles. The van der Waals surface area contributed by atoms with E-state index >= 15 is 0 Å². The number of rotatable bonds is 2. The number of hydrogen-bond donors (Lipinski definition) is 0. The normalized spacial score (nSPS) is 49.1. The molecule has 0 spiro atoms. The molecule has 5 aliphatic rings. The summed E-state index contributed by atoms with van der Waals surface area (Å²) in [4.78, 5) is 34.0. The molecule has 0 aromatic rings. The molecule has 7 atom stereocenters. The van der Waals surface area contributed by atoms with E-state index < -0.39 is 0 Å². The van der Waals surface area contributed by atoms with Gasteiger partial charge in [-0.3, -0.25) is 9.59 Å². The Balaban J connectivity index is 1.33. The van der Waals surface area contributed by atoms with Crippen LogP contribution in [0.15, 0.2) is 5.16 Å². The van der Waals surface area contributed by atoms with E-state index in [2.05, 4.69) is 31.0 Å². The molecular weight excluding hydrogens is 364 g/mol. The molecule has 29 heavy (non-hydrogen) atoms. The van der Waals surface area contributed by atoms with Crippen molar-refractivity contribution in [2.24, 2.45) is 39.7 Å². The van der Waals surface area contributed by atoms with Crippen LogP contribution in [0.2, 0.25) is 0 Å². The van der Waals surface area contributed by atoms with Crippen LogP contribution in [0.25, 0.3) is 0 Å². The molecular formula is C24H36N2O3. The third-order valence-electron chi connectivity index (χ3n) is 9.69. The Bertz CT molecular complexity index is 748. The van der Waals surface area contributed by atoms with Crippen molar-refractivity contribution in [3.05, 3.63) is 0 Å². The number of carbonyl (C=O) groups is 2. The Morgan fingerprint density at radius 3 is 2.62 bits per heavy atom. The molecule has 160 valence electrons. The minimum atomic E-state index is -0.159. The lowest BCUT2D eigenvalue weighted by atomic mass is 9.45. The number of ketones is 2. The zero-order chi connectivity index (χ0) is 20.4. The van der Waals surface area contributed by atoms with Gasteiger partial charge in [0, 0.05) is 43.7 Å². The summed E-state index contributed by atoms with van der Waals surface area (Å²) >= 11 is 0. The quantitative estimate of drug-likeness (QED) is 0.661. The van der Waals surface area contributed by atoms with Gasteiger partial charge in [0.25, 0.3) is 0 Å². The Morgan fingerprint density at radius 1 is 1.03 bits per heavy atom. The van der Waals surface area contributed by atoms with Gasteiger partial charge in [-0.2, -0.15) is 0 Å². The van der Waals surface area contributed by atoms with Gasteiger partial charge in [-0.1, -0.05) is 19.0 Å². The smallest absolute Gasteiger partial charge is 0.141 e. The van der Waals surface area contributed by atoms with E-state index in [1.54, 1.807) is 0 Å². The lowest BCUT2D eigenvalue weighted by Crippen LogP contribution is -2.56. The zero-order valence-corrected chi connectivity index (χ0v) is 18.3. The van der Waals surface area contributed by atoms with Gasteiger partial charge in [0.1, 0.15) is 17.7 Å². The van der Waals surface area contributed by atoms with E-state index in [1.165, 1.54) is 0 Å². The fourth-order valence-electron chi connectivity index (χ4n) is 7.83. The zero-order valence-electron chi connectivity index (χ0n) is 18.3. The van der Waals surface area contributed by atoms with Crippen molar-refractivity contribution in [3.8, 4) is 0 Å². The van der Waals surface area contributed by atoms with Crippen molar-refractivity contribution in [2.75, 3.05) is 20.1 Å². The molecule has 5 nitrogen and oxygen atoms in total. The predicted octanol–water partition coefficient (Wildman–Crippen LogP) is 3.85. The second kappa shape index (κ2) is 6.90. The van der Waals surface area contributed by atoms with Crippen LogP contribution in [0.1, 0.15) is 71.6 Å². The van der Waals surface area contributed by atoms with Gasteiger partial charge in [-0.15, -0.1) is 0 Å². The van der Waals surface area contributed by atoms with Gasteiger partial charge in [-0.25, -0.2) is 0 Å². The highest BCUT2D eigenvalue weighted by molar-refractivity contribution is 5.93. The summed E-state index contributed by atoms with van der Waals surface area (Å²) in [6.07, 6.45) is 8.54. The summed E-state index contributed by atoms with van der Waals surface area (Å²) in [5.74, 6) is 2.39. The largest absolute Gasteiger partial charge is 0.391 e. The first-order valence-electron chi connectivity index (χ1n) is 11.8. The van der Waals surface area contributed by atoms with Gasteiger partial charge >= 0.3 is 0 Å². The molecule has 0 aromatic heterocycles. The maximum Gasteiger partial charge on any atom is 0.141 e. The highest BCUT2D eigenvalue weighted by Gasteiger charge is 2.62. The summed E-state index contributed by atoms with van der Waals surface area (Å²) < 4.78 is 0. The van der Waals surface area contributed by atoms with Crippen LogP contribution < -0.4 is 0 Å². The van der Waals surface area contributed by atoms with E-state index in [0.29, 0.717) is 35.7 Å². The Kier molecular flexibility index (Phi) is 4.69. The molecule has 0 unspecified atom stereocenters. The average molecular weight is 401 g/mol. The number of Topliss-reactive ketones (excluding diaryl/α,β-unsaturated/α-hetero) is 2. The van der Waals surface area contributed by atoms with Gasteiger partial charge < -0.3 is 9.74 Å². The maximum atomic E-state index is 13.3. The average Bonchev–Trinajstić information content (AvgIpc) is 3.24. The Morgan fingerprint density at radius 2 is 1.86 bits per heavy atom. The first-order valence-corrected chi connectivity index (χ1v) is 11.8. The van der Waals surface area contributed by atoms with Crippen LogP contribution in [-0.2, 0) is 14.4 Å². The minimum Gasteiger partial charge on any atom is -0.391 e. The third-order valence-corrected chi connectivity index (χ3v) is 9.69. The van der Waals surface area contributed by atoms with Gasteiger partial charge in [0.2, 0.25) is 0 Å². The highest BCUT2D eigenvalue weighted by atomic mass is 16.6. The molecule has 0 N–H and O–H groups in total. The van der Waals surface area contributed by atoms with Crippen LogP contribution in [0.4, 0.5) is 0 Å². The highest BCUT2D eigenvalue weighted by Crippen LogP contribution is 2.64. The van der Waals surface area contributed by atoms with Crippen LogP contribution in [0.5, 0.6) is 0 Å². The molecule has 1 heterocycles. The molecule has 0 radical (unpaired) electrons. The van der Waals surface area contributed by atoms with Crippen molar-refractivity contribution in [1.29, 1.82) is 0 Å². The molecule has 0 amide bonds. The predicted molar refractivity (Wildman–Crippen MR) is 112 cm³/mol. The second-order valence-electron chi connectivity index (χ2n) is 11.2. The van der Waals surface area contributed by atoms with Gasteiger partial charge in [0.15, 0.2) is 0 Å². The number of hydrogen-bond acceptors (Lipinski definition) is 5. The van der Waals surface area contributed by atoms with Crippen LogP contribution >= 0.6 is 0 Å². The number of fused-ring (bicyclic) bond motifs is 5. The third kappa shape index (κ3) is 3.02. The maximum absolute atomic E-state index is 13.3. The number of likely N-dealkylation sites (N-methyl/N-ethyl adjacent to an activating group) is 1. The van der Waals surface area contributed by atoms with Crippen molar-refractivity contribution in [3.63, 3.8) is 0 Å². The lowest BCUT2D eigenvalue weighted by molar-refractivity contribution is -0.152. The van der Waals surface area contributed by atoms with E-state index in [0.717, 1.165) is 70.2 Å². The van der Waals surface area contributed by atoms with Crippen LogP contribution in [0, 0.1) is 34.5 Å². The van der Waals surface area contributed by atoms with Crippen molar-refractivity contribution in [2.45, 2.75) is 77.7 Å². The van der Waals surface area contributed by atoms with Crippen molar-refractivity contribution >= 4 is 17.3 Å². The monoisotopic (exact) mass is 400 g/mol. The summed E-state index contributed by atoms with van der Waals surface area (Å²) in [5, 5.41) is 4.53. The van der Waals surface area contributed by atoms with Crippen molar-refractivity contribution in [1.82, 2.24) is 4.90 Å². The lowest BCUT2D eigenvalue weighted by Gasteiger charge is -2.58. The molecule has 1 saturated heterocycles. The van der Waals surface area contributed by atoms with E-state index in [4.69, 9.17) is 4.84 Å². The Labute approximate surface area is 174 Å². The molecule has 5 heteroatoms. The summed E-state index contributed by atoms with van der Waals surface area (Å²) in [6, 6.07) is 0. The standard InChI is InChI=1S/C24H36N2O3/c1-23-9-6-15(25-29-16-8-11-26(3)14-16)12-20(23)21(27)13-17-18-4-5-22(28)24(18,2)10-7-19(17)23/h16-20H,4-14H2,1-3H3/b25-15+/t16-,17-,18-,19-,20+,23+,24-/m0/s1. The topological polar surface area (TPSA) is 59.0 Å².